The van der Waals surface area contributed by atoms with E-state index in [0.29, 0.717) is 0 Å². The summed E-state index contributed by atoms with van der Waals surface area (Å²) in [5, 5.41) is 3.82. The number of hydrogen-bond donors (Lipinski definition) is 0. The fraction of sp³-hybridized carbons (Fsp3) is 0.417. The summed E-state index contributed by atoms with van der Waals surface area (Å²) in [7, 11) is 1.43. The molecule has 2 aliphatic rings. The van der Waals surface area contributed by atoms with Gasteiger partial charge >= 0.3 is 6.09 Å². The molecule has 84 valence electrons. The van der Waals surface area contributed by atoms with Crippen molar-refractivity contribution >= 4 is 6.09 Å². The van der Waals surface area contributed by atoms with Gasteiger partial charge in [0, 0.05) is 13.1 Å². The molecule has 2 heterocycles. The number of methoxy groups -OCH3 is 1. The lowest BCUT2D eigenvalue weighted by atomic mass is 9.98. The summed E-state index contributed by atoms with van der Waals surface area (Å²) in [5.74, 6) is 0. The third-order valence-corrected chi connectivity index (χ3v) is 3.39. The summed E-state index contributed by atoms with van der Waals surface area (Å²) < 4.78 is 4.83. The van der Waals surface area contributed by atoms with Crippen LogP contribution in [-0.2, 0) is 11.3 Å². The summed E-state index contributed by atoms with van der Waals surface area (Å²) in [6.45, 7) is 1.73. The van der Waals surface area contributed by atoms with Gasteiger partial charge in [-0.25, -0.2) is 14.8 Å². The van der Waals surface area contributed by atoms with E-state index in [2.05, 4.69) is 17.1 Å². The van der Waals surface area contributed by atoms with Crippen LogP contribution in [0, 0.1) is 0 Å². The number of hydrogen-bond acceptors (Lipinski definition) is 3. The number of nitrogens with zero attached hydrogens (tertiary/aromatic N) is 2. The van der Waals surface area contributed by atoms with E-state index in [4.69, 9.17) is 4.74 Å². The van der Waals surface area contributed by atoms with Crippen LogP contribution < -0.4 is 0 Å². The molecule has 4 nitrogen and oxygen atoms in total. The quantitative estimate of drug-likeness (QED) is 0.667. The van der Waals surface area contributed by atoms with Crippen molar-refractivity contribution in [2.24, 2.45) is 0 Å². The average molecular weight is 218 g/mol. The molecule has 0 aromatic heterocycles. The molecule has 0 N–H and O–H groups in total. The number of benzene rings is 1. The van der Waals surface area contributed by atoms with E-state index < -0.39 is 0 Å². The number of rotatable bonds is 0. The SMILES string of the molecule is COC(=O)N1[C@@H]2CCN1Cc1ccccc12. The molecule has 1 fully saturated rings. The average Bonchev–Trinajstić information content (AvgIpc) is 2.64. The lowest BCUT2D eigenvalue weighted by Gasteiger charge is -2.36. The molecule has 0 radical (unpaired) electrons. The van der Waals surface area contributed by atoms with Crippen LogP contribution >= 0.6 is 0 Å². The minimum Gasteiger partial charge on any atom is -0.452 e. The minimum absolute atomic E-state index is 0.164. The van der Waals surface area contributed by atoms with Crippen LogP contribution in [0.1, 0.15) is 23.6 Å². The molecule has 4 heteroatoms. The number of carbonyl (C=O) groups is 1. The first-order chi connectivity index (χ1) is 7.81. The molecular formula is C12H14N2O2. The van der Waals surface area contributed by atoms with Crippen molar-refractivity contribution in [1.29, 1.82) is 0 Å². The Labute approximate surface area is 94.4 Å². The van der Waals surface area contributed by atoms with Crippen molar-refractivity contribution in [2.45, 2.75) is 19.0 Å². The fourth-order valence-electron chi connectivity index (χ4n) is 2.68. The van der Waals surface area contributed by atoms with E-state index >= 15 is 0 Å². The van der Waals surface area contributed by atoms with Gasteiger partial charge in [0.25, 0.3) is 0 Å². The molecule has 1 aromatic rings. The first-order valence-corrected chi connectivity index (χ1v) is 5.51. The van der Waals surface area contributed by atoms with Gasteiger partial charge in [0.15, 0.2) is 0 Å². The molecule has 2 atom stereocenters. The highest BCUT2D eigenvalue weighted by molar-refractivity contribution is 5.68. The summed E-state index contributed by atoms with van der Waals surface area (Å²) in [6.07, 6.45) is 0.739. The Hall–Kier alpha value is -1.55. The molecule has 0 aliphatic carbocycles. The van der Waals surface area contributed by atoms with E-state index in [1.54, 1.807) is 5.01 Å². The van der Waals surface area contributed by atoms with Gasteiger partial charge in [-0.3, -0.25) is 0 Å². The van der Waals surface area contributed by atoms with Crippen LogP contribution in [0.4, 0.5) is 4.79 Å². The molecule has 2 aliphatic heterocycles. The van der Waals surface area contributed by atoms with Crippen LogP contribution in [0.3, 0.4) is 0 Å². The second-order valence-electron chi connectivity index (χ2n) is 4.21. The van der Waals surface area contributed by atoms with Crippen LogP contribution in [0.2, 0.25) is 0 Å². The number of amides is 1. The molecule has 0 spiro atoms. The number of carbonyl (C=O) groups excluding carboxylic acids is 1. The smallest absolute Gasteiger partial charge is 0.424 e. The van der Waals surface area contributed by atoms with Crippen molar-refractivity contribution in [3.63, 3.8) is 0 Å². The first-order valence-electron chi connectivity index (χ1n) is 5.51. The Morgan fingerprint density at radius 1 is 1.44 bits per heavy atom. The van der Waals surface area contributed by atoms with Crippen LogP contribution in [-0.4, -0.2) is 29.8 Å². The van der Waals surface area contributed by atoms with E-state index in [1.165, 1.54) is 18.2 Å². The molecule has 3 rings (SSSR count). The lowest BCUT2D eigenvalue weighted by molar-refractivity contribution is -0.0144. The summed E-state index contributed by atoms with van der Waals surface area (Å²) in [5.41, 5.74) is 2.59. The van der Waals surface area contributed by atoms with Gasteiger partial charge in [-0.15, -0.1) is 0 Å². The monoisotopic (exact) mass is 218 g/mol. The van der Waals surface area contributed by atoms with Crippen molar-refractivity contribution < 1.29 is 9.53 Å². The molecule has 1 saturated heterocycles. The van der Waals surface area contributed by atoms with Crippen LogP contribution in [0.25, 0.3) is 0 Å². The normalized spacial score (nSPS) is 26.4. The zero-order chi connectivity index (χ0) is 11.1. The Balaban J connectivity index is 2.02. The highest BCUT2D eigenvalue weighted by Gasteiger charge is 2.41. The Morgan fingerprint density at radius 3 is 3.06 bits per heavy atom. The van der Waals surface area contributed by atoms with Crippen molar-refractivity contribution in [2.75, 3.05) is 13.7 Å². The second-order valence-corrected chi connectivity index (χ2v) is 4.21. The van der Waals surface area contributed by atoms with E-state index in [1.807, 2.05) is 12.1 Å². The van der Waals surface area contributed by atoms with Gasteiger partial charge in [0.2, 0.25) is 0 Å². The number of fused-ring (bicyclic) bond motifs is 4. The van der Waals surface area contributed by atoms with Crippen molar-refractivity contribution in [3.8, 4) is 0 Å². The standard InChI is InChI=1S/C12H14N2O2/c1-16-12(15)14-11-6-7-13(14)8-9-4-2-3-5-10(9)11/h2-5,11H,6-8H2,1H3/t11-/m1/s1. The van der Waals surface area contributed by atoms with E-state index in [9.17, 15) is 4.79 Å². The lowest BCUT2D eigenvalue weighted by Crippen LogP contribution is -2.44. The topological polar surface area (TPSA) is 32.8 Å². The Morgan fingerprint density at radius 2 is 2.25 bits per heavy atom. The third kappa shape index (κ3) is 1.23. The van der Waals surface area contributed by atoms with Gasteiger partial charge < -0.3 is 4.74 Å². The maximum atomic E-state index is 11.7. The Bertz CT molecular complexity index is 433. The van der Waals surface area contributed by atoms with Gasteiger partial charge in [-0.1, -0.05) is 24.3 Å². The minimum atomic E-state index is -0.253. The van der Waals surface area contributed by atoms with E-state index in [-0.39, 0.29) is 12.1 Å². The second kappa shape index (κ2) is 3.49. The van der Waals surface area contributed by atoms with Crippen molar-refractivity contribution in [1.82, 2.24) is 10.0 Å². The van der Waals surface area contributed by atoms with Crippen molar-refractivity contribution in [3.05, 3.63) is 35.4 Å². The van der Waals surface area contributed by atoms with Gasteiger partial charge in [0.1, 0.15) is 0 Å². The largest absolute Gasteiger partial charge is 0.452 e. The molecule has 16 heavy (non-hydrogen) atoms. The maximum Gasteiger partial charge on any atom is 0.424 e. The highest BCUT2D eigenvalue weighted by Crippen LogP contribution is 2.39. The Kier molecular flexibility index (Phi) is 2.11. The first kappa shape index (κ1) is 9.66. The van der Waals surface area contributed by atoms with Gasteiger partial charge in [0.05, 0.1) is 13.2 Å². The molecular weight excluding hydrogens is 204 g/mol. The molecule has 1 unspecified atom stereocenters. The predicted octanol–water partition coefficient (Wildman–Crippen LogP) is 1.93. The fourth-order valence-corrected chi connectivity index (χ4v) is 2.68. The van der Waals surface area contributed by atoms with E-state index in [0.717, 1.165) is 19.5 Å². The zero-order valence-electron chi connectivity index (χ0n) is 9.22. The molecule has 1 amide bonds. The maximum absolute atomic E-state index is 11.7. The highest BCUT2D eigenvalue weighted by atomic mass is 16.5. The summed E-state index contributed by atoms with van der Waals surface area (Å²) in [4.78, 5) is 11.7. The molecule has 0 saturated carbocycles. The molecule has 2 bridgehead atoms. The summed E-state index contributed by atoms with van der Waals surface area (Å²) in [6, 6.07) is 8.49. The molecule has 1 aromatic carbocycles. The number of hydrazine groups is 1. The number of ether oxygens (including phenoxy) is 1. The van der Waals surface area contributed by atoms with Gasteiger partial charge in [-0.2, -0.15) is 0 Å². The van der Waals surface area contributed by atoms with Gasteiger partial charge in [-0.05, 0) is 17.5 Å². The summed E-state index contributed by atoms with van der Waals surface area (Å²) >= 11 is 0. The van der Waals surface area contributed by atoms with Crippen LogP contribution in [0.5, 0.6) is 0 Å². The third-order valence-electron chi connectivity index (χ3n) is 3.39. The predicted molar refractivity (Wildman–Crippen MR) is 58.5 cm³/mol. The van der Waals surface area contributed by atoms with Crippen LogP contribution in [0.15, 0.2) is 24.3 Å². The zero-order valence-corrected chi connectivity index (χ0v) is 9.22.